The van der Waals surface area contributed by atoms with Gasteiger partial charge < -0.3 is 0 Å². The Morgan fingerprint density at radius 1 is 0.367 bits per heavy atom. The van der Waals surface area contributed by atoms with E-state index in [0.29, 0.717) is 5.82 Å². The van der Waals surface area contributed by atoms with Crippen LogP contribution in [-0.4, -0.2) is 9.97 Å². The maximum atomic E-state index is 5.50. The summed E-state index contributed by atoms with van der Waals surface area (Å²) in [4.78, 5) is 10.9. The van der Waals surface area contributed by atoms with Crippen molar-refractivity contribution in [2.24, 2.45) is 0 Å². The largest absolute Gasteiger partial charge is 0.228 e. The van der Waals surface area contributed by atoms with E-state index in [1.807, 2.05) is 11.3 Å². The molecule has 280 valence electrons. The minimum atomic E-state index is -0.508. The van der Waals surface area contributed by atoms with Crippen LogP contribution in [0, 0.1) is 0 Å². The summed E-state index contributed by atoms with van der Waals surface area (Å²) in [7, 11) is 0. The van der Waals surface area contributed by atoms with Crippen molar-refractivity contribution in [2.75, 3.05) is 0 Å². The fourth-order valence-corrected chi connectivity index (χ4v) is 11.0. The normalized spacial score (nSPS) is 12.8. The van der Waals surface area contributed by atoms with E-state index in [0.717, 1.165) is 38.9 Å². The zero-order chi connectivity index (χ0) is 39.6. The molecular formula is C57H36N2S. The fourth-order valence-electron chi connectivity index (χ4n) is 9.78. The minimum Gasteiger partial charge on any atom is -0.228 e. The van der Waals surface area contributed by atoms with E-state index in [1.54, 1.807) is 0 Å². The maximum absolute atomic E-state index is 5.50. The van der Waals surface area contributed by atoms with Crippen molar-refractivity contribution >= 4 is 42.3 Å². The molecule has 0 radical (unpaired) electrons. The lowest BCUT2D eigenvalue weighted by Crippen LogP contribution is -2.28. The molecule has 2 aromatic heterocycles. The minimum absolute atomic E-state index is 0.508. The van der Waals surface area contributed by atoms with E-state index in [2.05, 4.69) is 218 Å². The Morgan fingerprint density at radius 3 is 1.73 bits per heavy atom. The third-order valence-electron chi connectivity index (χ3n) is 12.4. The van der Waals surface area contributed by atoms with E-state index in [1.165, 1.54) is 64.7 Å². The van der Waals surface area contributed by atoms with Crippen molar-refractivity contribution in [3.05, 3.63) is 241 Å². The van der Waals surface area contributed by atoms with Gasteiger partial charge in [-0.25, -0.2) is 9.97 Å². The average molecular weight is 781 g/mol. The van der Waals surface area contributed by atoms with Gasteiger partial charge in [-0.2, -0.15) is 0 Å². The van der Waals surface area contributed by atoms with Gasteiger partial charge in [0.25, 0.3) is 0 Å². The molecule has 0 bridgehead atoms. The van der Waals surface area contributed by atoms with Crippen molar-refractivity contribution in [1.82, 2.24) is 9.97 Å². The molecule has 12 rings (SSSR count). The number of nitrogens with zero attached hydrogens (tertiary/aromatic N) is 2. The molecular weight excluding hydrogens is 745 g/mol. The van der Waals surface area contributed by atoms with Crippen molar-refractivity contribution in [3.63, 3.8) is 0 Å². The summed E-state index contributed by atoms with van der Waals surface area (Å²) in [5.41, 5.74) is 14.3. The Kier molecular flexibility index (Phi) is 7.97. The van der Waals surface area contributed by atoms with Gasteiger partial charge in [0.2, 0.25) is 0 Å². The summed E-state index contributed by atoms with van der Waals surface area (Å²) in [6.45, 7) is 0. The van der Waals surface area contributed by atoms with Gasteiger partial charge in [-0.05, 0) is 67.4 Å². The molecule has 2 nitrogen and oxygen atoms in total. The zero-order valence-electron chi connectivity index (χ0n) is 32.6. The Labute approximate surface area is 352 Å². The predicted octanol–water partition coefficient (Wildman–Crippen LogP) is 15.0. The lowest BCUT2D eigenvalue weighted by atomic mass is 9.67. The van der Waals surface area contributed by atoms with Gasteiger partial charge in [0.1, 0.15) is 0 Å². The second kappa shape index (κ2) is 13.8. The second-order valence-electron chi connectivity index (χ2n) is 15.6. The van der Waals surface area contributed by atoms with Crippen LogP contribution in [0.2, 0.25) is 0 Å². The van der Waals surface area contributed by atoms with Gasteiger partial charge in [0.15, 0.2) is 5.82 Å². The summed E-state index contributed by atoms with van der Waals surface area (Å²) < 4.78 is 2.63. The number of fused-ring (bicyclic) bond motifs is 7. The lowest BCUT2D eigenvalue weighted by molar-refractivity contribution is 0.768. The molecule has 0 N–H and O–H groups in total. The predicted molar refractivity (Wildman–Crippen MR) is 251 cm³/mol. The molecule has 0 amide bonds. The quantitative estimate of drug-likeness (QED) is 0.168. The second-order valence-corrected chi connectivity index (χ2v) is 16.7. The molecule has 0 spiro atoms. The molecule has 3 heteroatoms. The Morgan fingerprint density at radius 2 is 0.917 bits per heavy atom. The van der Waals surface area contributed by atoms with Crippen LogP contribution in [0.15, 0.2) is 218 Å². The molecule has 11 aromatic rings. The molecule has 60 heavy (non-hydrogen) atoms. The number of benzene rings is 9. The van der Waals surface area contributed by atoms with Gasteiger partial charge in [0, 0.05) is 36.9 Å². The van der Waals surface area contributed by atoms with Crippen LogP contribution >= 0.6 is 11.3 Å². The summed E-state index contributed by atoms with van der Waals surface area (Å²) >= 11 is 1.86. The molecule has 0 saturated heterocycles. The van der Waals surface area contributed by atoms with Crippen LogP contribution in [0.1, 0.15) is 22.3 Å². The molecule has 0 saturated carbocycles. The van der Waals surface area contributed by atoms with Gasteiger partial charge in [-0.1, -0.05) is 206 Å². The summed E-state index contributed by atoms with van der Waals surface area (Å²) in [5, 5.41) is 4.91. The van der Waals surface area contributed by atoms with Crippen molar-refractivity contribution in [3.8, 4) is 56.2 Å². The van der Waals surface area contributed by atoms with Crippen molar-refractivity contribution < 1.29 is 0 Å². The van der Waals surface area contributed by atoms with Crippen LogP contribution in [0.25, 0.3) is 87.1 Å². The van der Waals surface area contributed by atoms with Crippen LogP contribution in [0.5, 0.6) is 0 Å². The fraction of sp³-hybridized carbons (Fsp3) is 0.0175. The maximum Gasteiger partial charge on any atom is 0.161 e. The highest BCUT2D eigenvalue weighted by Gasteiger charge is 2.46. The summed E-state index contributed by atoms with van der Waals surface area (Å²) in [5.74, 6) is 0.708. The third-order valence-corrected chi connectivity index (χ3v) is 13.6. The Hall–Kier alpha value is -7.46. The molecule has 2 heterocycles. The smallest absolute Gasteiger partial charge is 0.161 e. The monoisotopic (exact) mass is 780 g/mol. The first kappa shape index (κ1) is 34.6. The number of rotatable bonds is 6. The van der Waals surface area contributed by atoms with Gasteiger partial charge in [-0.3, -0.25) is 0 Å². The van der Waals surface area contributed by atoms with Crippen molar-refractivity contribution in [2.45, 2.75) is 5.41 Å². The standard InChI is InChI=1S/C57H36N2S/c1-3-18-40(19-4-1)57(41-20-5-2-6-21-41)49-29-11-9-24-47(49)54-48(28-15-30-50(54)57)52-36-51(58-56(59-52)46-27-13-17-37-16-7-8-22-42(37)46)39-34-32-38(33-35-39)43-25-14-26-45-44-23-10-12-31-53(44)60-55(43)45/h1-36H. The number of hydrogen-bond donors (Lipinski definition) is 0. The van der Waals surface area contributed by atoms with Crippen LogP contribution in [-0.2, 0) is 5.41 Å². The highest BCUT2D eigenvalue weighted by atomic mass is 32.1. The highest BCUT2D eigenvalue weighted by Crippen LogP contribution is 2.58. The summed E-state index contributed by atoms with van der Waals surface area (Å²) in [6.07, 6.45) is 0. The number of thiophene rings is 1. The topological polar surface area (TPSA) is 25.8 Å². The average Bonchev–Trinajstić information content (AvgIpc) is 3.86. The molecule has 1 aliphatic rings. The van der Waals surface area contributed by atoms with E-state index < -0.39 is 5.41 Å². The number of hydrogen-bond acceptors (Lipinski definition) is 3. The van der Waals surface area contributed by atoms with Crippen molar-refractivity contribution in [1.29, 1.82) is 0 Å². The summed E-state index contributed by atoms with van der Waals surface area (Å²) in [6, 6.07) is 79.1. The van der Waals surface area contributed by atoms with Crippen LogP contribution in [0.4, 0.5) is 0 Å². The van der Waals surface area contributed by atoms with Crippen LogP contribution in [0.3, 0.4) is 0 Å². The molecule has 0 aliphatic heterocycles. The third kappa shape index (κ3) is 5.26. The molecule has 0 atom stereocenters. The van der Waals surface area contributed by atoms with E-state index in [9.17, 15) is 0 Å². The number of aromatic nitrogens is 2. The first-order valence-corrected chi connectivity index (χ1v) is 21.3. The highest BCUT2D eigenvalue weighted by molar-refractivity contribution is 7.26. The molecule has 1 aliphatic carbocycles. The first-order chi connectivity index (χ1) is 29.8. The first-order valence-electron chi connectivity index (χ1n) is 20.5. The molecule has 0 fully saturated rings. The van der Waals surface area contributed by atoms with Crippen LogP contribution < -0.4 is 0 Å². The Bertz CT molecular complexity index is 3380. The molecule has 0 unspecified atom stereocenters. The van der Waals surface area contributed by atoms with E-state index in [-0.39, 0.29) is 0 Å². The zero-order valence-corrected chi connectivity index (χ0v) is 33.4. The Balaban J connectivity index is 1.08. The van der Waals surface area contributed by atoms with E-state index >= 15 is 0 Å². The van der Waals surface area contributed by atoms with Gasteiger partial charge >= 0.3 is 0 Å². The van der Waals surface area contributed by atoms with Gasteiger partial charge in [0.05, 0.1) is 16.8 Å². The van der Waals surface area contributed by atoms with E-state index in [4.69, 9.17) is 9.97 Å². The van der Waals surface area contributed by atoms with Gasteiger partial charge in [-0.15, -0.1) is 11.3 Å². The lowest BCUT2D eigenvalue weighted by Gasteiger charge is -2.33. The molecule has 9 aromatic carbocycles. The SMILES string of the molecule is c1ccc(C2(c3ccccc3)c3ccccc3-c3c(-c4cc(-c5ccc(-c6cccc7c6sc6ccccc67)cc5)nc(-c5cccc6ccccc56)n4)cccc32)cc1.